The molecule has 0 saturated carbocycles. The molecule has 12 heteroatoms. The van der Waals surface area contributed by atoms with E-state index in [-0.39, 0.29) is 21.7 Å². The summed E-state index contributed by atoms with van der Waals surface area (Å²) in [6.07, 6.45) is 1.06. The molecule has 0 aliphatic carbocycles. The first kappa shape index (κ1) is 19.8. The number of nitrogens with two attached hydrogens (primary N) is 1. The Morgan fingerprint density at radius 3 is 2.76 bits per heavy atom. The first-order valence-corrected chi connectivity index (χ1v) is 8.33. The summed E-state index contributed by atoms with van der Waals surface area (Å²) in [6, 6.07) is 8.70. The Morgan fingerprint density at radius 1 is 1.34 bits per heavy atom. The monoisotopic (exact) mass is 417 g/mol. The van der Waals surface area contributed by atoms with Gasteiger partial charge in [0.25, 0.3) is 11.5 Å². The van der Waals surface area contributed by atoms with Crippen LogP contribution in [0.3, 0.4) is 0 Å². The Bertz CT molecular complexity index is 1280. The number of amides is 1. The molecular formula is C17H12ClN5O6. The van der Waals surface area contributed by atoms with Crippen molar-refractivity contribution in [2.45, 2.75) is 0 Å². The van der Waals surface area contributed by atoms with Crippen LogP contribution in [0.5, 0.6) is 5.75 Å². The lowest BCUT2D eigenvalue weighted by molar-refractivity contribution is -0.385. The van der Waals surface area contributed by atoms with E-state index in [9.17, 15) is 24.5 Å². The number of nitro groups is 1. The van der Waals surface area contributed by atoms with Crippen LogP contribution in [0.1, 0.15) is 5.56 Å². The highest BCUT2D eigenvalue weighted by Gasteiger charge is 2.21. The number of hydrogen-bond acceptors (Lipinski definition) is 7. The smallest absolute Gasteiger partial charge is 0.349 e. The molecule has 29 heavy (non-hydrogen) atoms. The Balaban J connectivity index is 2.05. The van der Waals surface area contributed by atoms with Gasteiger partial charge in [-0.3, -0.25) is 19.7 Å². The van der Waals surface area contributed by atoms with Crippen LogP contribution in [-0.2, 0) is 4.79 Å². The minimum absolute atomic E-state index is 0.118. The Kier molecular flexibility index (Phi) is 5.41. The average Bonchev–Trinajstić information content (AvgIpc) is 2.66. The van der Waals surface area contributed by atoms with E-state index in [2.05, 4.69) is 10.1 Å². The van der Waals surface area contributed by atoms with Gasteiger partial charge in [0.05, 0.1) is 27.1 Å². The van der Waals surface area contributed by atoms with Crippen molar-refractivity contribution in [2.75, 3.05) is 6.61 Å². The standard InChI is InChI=1S/C17H12ClN5O6/c18-11-5-9(6-13(23(27)28)15(11)29-8-14(19)24)7-20-22-16(25)10-3-1-2-4-12(10)21-17(22)26/h1-7H,8H2,(H2,19,24)(H,21,26). The number of fused-ring (bicyclic) bond motifs is 1. The fraction of sp³-hybridized carbons (Fsp3) is 0.0588. The second kappa shape index (κ2) is 7.94. The summed E-state index contributed by atoms with van der Waals surface area (Å²) in [5.41, 5.74) is 3.44. The van der Waals surface area contributed by atoms with Crippen molar-refractivity contribution in [3.63, 3.8) is 0 Å². The highest BCUT2D eigenvalue weighted by atomic mass is 35.5. The maximum atomic E-state index is 12.4. The number of carbonyl (C=O) groups is 1. The van der Waals surface area contributed by atoms with E-state index < -0.39 is 34.4 Å². The molecule has 0 radical (unpaired) electrons. The topological polar surface area (TPSA) is 163 Å². The predicted octanol–water partition coefficient (Wildman–Crippen LogP) is 0.998. The van der Waals surface area contributed by atoms with Gasteiger partial charge in [0, 0.05) is 11.6 Å². The number of nitro benzene ring substituents is 1. The molecule has 2 aromatic carbocycles. The SMILES string of the molecule is NC(=O)COc1c(Cl)cc(C=Nn2c(=O)[nH]c3ccccc3c2=O)cc1[N+](=O)[O-]. The molecule has 0 saturated heterocycles. The molecule has 0 aliphatic heterocycles. The van der Waals surface area contributed by atoms with Gasteiger partial charge in [-0.1, -0.05) is 23.7 Å². The van der Waals surface area contributed by atoms with Crippen LogP contribution >= 0.6 is 11.6 Å². The quantitative estimate of drug-likeness (QED) is 0.345. The van der Waals surface area contributed by atoms with Gasteiger partial charge in [-0.05, 0) is 18.2 Å². The van der Waals surface area contributed by atoms with Gasteiger partial charge in [0.15, 0.2) is 6.61 Å². The summed E-state index contributed by atoms with van der Waals surface area (Å²) in [4.78, 5) is 48.4. The molecule has 3 rings (SSSR count). The van der Waals surface area contributed by atoms with E-state index in [1.54, 1.807) is 18.2 Å². The number of halogens is 1. The van der Waals surface area contributed by atoms with Crippen molar-refractivity contribution in [3.8, 4) is 5.75 Å². The number of primary amides is 1. The third-order valence-corrected chi connectivity index (χ3v) is 3.99. The van der Waals surface area contributed by atoms with Crippen LogP contribution in [-0.4, -0.2) is 33.3 Å². The second-order valence-electron chi connectivity index (χ2n) is 5.70. The first-order chi connectivity index (χ1) is 13.8. The molecule has 3 aromatic rings. The lowest BCUT2D eigenvalue weighted by atomic mass is 10.2. The molecule has 0 bridgehead atoms. The van der Waals surface area contributed by atoms with E-state index in [1.165, 1.54) is 12.1 Å². The number of nitrogens with one attached hydrogen (secondary N) is 1. The first-order valence-electron chi connectivity index (χ1n) is 7.95. The summed E-state index contributed by atoms with van der Waals surface area (Å²) in [5.74, 6) is -1.18. The van der Waals surface area contributed by atoms with Crippen molar-refractivity contribution in [1.29, 1.82) is 0 Å². The molecule has 0 unspecified atom stereocenters. The maximum absolute atomic E-state index is 12.4. The van der Waals surface area contributed by atoms with Crippen LogP contribution in [0.2, 0.25) is 5.02 Å². The fourth-order valence-electron chi connectivity index (χ4n) is 2.48. The van der Waals surface area contributed by atoms with Crippen LogP contribution in [0.15, 0.2) is 51.1 Å². The lowest BCUT2D eigenvalue weighted by Crippen LogP contribution is -2.32. The fourth-order valence-corrected chi connectivity index (χ4v) is 2.76. The van der Waals surface area contributed by atoms with Gasteiger partial charge in [-0.2, -0.15) is 5.10 Å². The minimum Gasteiger partial charge on any atom is -0.476 e. The van der Waals surface area contributed by atoms with E-state index in [1.807, 2.05) is 0 Å². The number of nitrogens with zero attached hydrogens (tertiary/aromatic N) is 3. The molecule has 1 heterocycles. The Hall–Kier alpha value is -3.99. The third kappa shape index (κ3) is 4.14. The highest BCUT2D eigenvalue weighted by Crippen LogP contribution is 2.35. The van der Waals surface area contributed by atoms with Gasteiger partial charge >= 0.3 is 11.4 Å². The number of ether oxygens (including phenoxy) is 1. The molecule has 0 aliphatic rings. The van der Waals surface area contributed by atoms with Gasteiger partial charge in [0.2, 0.25) is 5.75 Å². The molecule has 148 valence electrons. The summed E-state index contributed by atoms with van der Waals surface area (Å²) in [7, 11) is 0. The summed E-state index contributed by atoms with van der Waals surface area (Å²) in [6.45, 7) is -0.601. The van der Waals surface area contributed by atoms with Crippen LogP contribution in [0, 0.1) is 10.1 Å². The number of H-pyrrole nitrogens is 1. The number of para-hydroxylation sites is 1. The van der Waals surface area contributed by atoms with E-state index in [0.29, 0.717) is 10.2 Å². The van der Waals surface area contributed by atoms with Crippen molar-refractivity contribution in [3.05, 3.63) is 77.9 Å². The zero-order chi connectivity index (χ0) is 21.1. The van der Waals surface area contributed by atoms with E-state index >= 15 is 0 Å². The van der Waals surface area contributed by atoms with Gasteiger partial charge in [-0.15, -0.1) is 4.68 Å². The maximum Gasteiger partial charge on any atom is 0.349 e. The molecule has 0 atom stereocenters. The average molecular weight is 418 g/mol. The predicted molar refractivity (Wildman–Crippen MR) is 105 cm³/mol. The largest absolute Gasteiger partial charge is 0.476 e. The van der Waals surface area contributed by atoms with E-state index in [4.69, 9.17) is 22.1 Å². The van der Waals surface area contributed by atoms with Crippen molar-refractivity contribution in [1.82, 2.24) is 9.66 Å². The zero-order valence-electron chi connectivity index (χ0n) is 14.5. The molecule has 1 aromatic heterocycles. The normalized spacial score (nSPS) is 11.1. The molecule has 1 amide bonds. The Labute approximate surface area is 166 Å². The Morgan fingerprint density at radius 2 is 2.07 bits per heavy atom. The van der Waals surface area contributed by atoms with Gasteiger partial charge < -0.3 is 15.5 Å². The third-order valence-electron chi connectivity index (χ3n) is 3.71. The number of benzene rings is 2. The second-order valence-corrected chi connectivity index (χ2v) is 6.11. The molecule has 11 nitrogen and oxygen atoms in total. The number of rotatable bonds is 6. The van der Waals surface area contributed by atoms with Gasteiger partial charge in [0.1, 0.15) is 0 Å². The van der Waals surface area contributed by atoms with Crippen LogP contribution < -0.4 is 21.7 Å². The molecule has 3 N–H and O–H groups in total. The van der Waals surface area contributed by atoms with Crippen molar-refractivity contribution in [2.24, 2.45) is 10.8 Å². The number of aromatic amines is 1. The van der Waals surface area contributed by atoms with Crippen LogP contribution in [0.25, 0.3) is 10.9 Å². The van der Waals surface area contributed by atoms with Gasteiger partial charge in [-0.25, -0.2) is 4.79 Å². The zero-order valence-corrected chi connectivity index (χ0v) is 15.3. The van der Waals surface area contributed by atoms with E-state index in [0.717, 1.165) is 12.3 Å². The highest BCUT2D eigenvalue weighted by molar-refractivity contribution is 6.32. The lowest BCUT2D eigenvalue weighted by Gasteiger charge is -2.07. The van der Waals surface area contributed by atoms with Crippen molar-refractivity contribution >= 4 is 40.3 Å². The number of aromatic nitrogens is 2. The van der Waals surface area contributed by atoms with Crippen molar-refractivity contribution < 1.29 is 14.5 Å². The summed E-state index contributed by atoms with van der Waals surface area (Å²) in [5, 5.41) is 15.2. The summed E-state index contributed by atoms with van der Waals surface area (Å²) >= 11 is 6.00. The minimum atomic E-state index is -0.837. The molecule has 0 spiro atoms. The van der Waals surface area contributed by atoms with Crippen LogP contribution in [0.4, 0.5) is 5.69 Å². The molecular weight excluding hydrogens is 406 g/mol. The summed E-state index contributed by atoms with van der Waals surface area (Å²) < 4.78 is 5.57. The number of hydrogen-bond donors (Lipinski definition) is 2. The number of carbonyl (C=O) groups excluding carboxylic acids is 1. The molecule has 0 fully saturated rings.